The van der Waals surface area contributed by atoms with Gasteiger partial charge in [-0.05, 0) is 23.5 Å². The maximum absolute atomic E-state index is 12.8. The van der Waals surface area contributed by atoms with Gasteiger partial charge < -0.3 is 5.11 Å². The van der Waals surface area contributed by atoms with E-state index < -0.39 is 24.6 Å². The molecule has 0 saturated carbocycles. The van der Waals surface area contributed by atoms with Crippen molar-refractivity contribution < 1.29 is 27.1 Å². The van der Waals surface area contributed by atoms with Crippen molar-refractivity contribution in [2.45, 2.75) is 44.9 Å². The Morgan fingerprint density at radius 1 is 1.00 bits per heavy atom. The van der Waals surface area contributed by atoms with E-state index in [9.17, 15) is 27.1 Å². The van der Waals surface area contributed by atoms with Crippen LogP contribution in [0, 0.1) is 5.92 Å². The Morgan fingerprint density at radius 2 is 1.50 bits per heavy atom. The summed E-state index contributed by atoms with van der Waals surface area (Å²) in [7, 11) is 0. The Morgan fingerprint density at radius 3 is 1.90 bits per heavy atom. The molecule has 0 aliphatic heterocycles. The van der Waals surface area contributed by atoms with Gasteiger partial charge in [-0.3, -0.25) is 0 Å². The highest BCUT2D eigenvalue weighted by Gasteiger charge is 2.58. The lowest BCUT2D eigenvalue weighted by Crippen LogP contribution is -2.37. The third-order valence-corrected chi connectivity index (χ3v) is 2.87. The van der Waals surface area contributed by atoms with E-state index in [0.29, 0.717) is 5.92 Å². The molecule has 6 heteroatoms. The molecule has 0 heterocycles. The number of hydrogen-bond donors (Lipinski definition) is 1. The van der Waals surface area contributed by atoms with Crippen molar-refractivity contribution >= 4 is 0 Å². The van der Waals surface area contributed by atoms with Gasteiger partial charge in [0, 0.05) is 0 Å². The summed E-state index contributed by atoms with van der Waals surface area (Å²) in [5.41, 5.74) is 1.000. The molecule has 1 atom stereocenters. The Kier molecular flexibility index (Phi) is 5.13. The molecule has 0 amide bonds. The van der Waals surface area contributed by atoms with Gasteiger partial charge >= 0.3 is 12.1 Å². The lowest BCUT2D eigenvalue weighted by atomic mass is 9.98. The molecular formula is C14H17F5O. The van der Waals surface area contributed by atoms with Crippen LogP contribution in [-0.2, 0) is 6.42 Å². The summed E-state index contributed by atoms with van der Waals surface area (Å²) < 4.78 is 61.8. The van der Waals surface area contributed by atoms with Gasteiger partial charge in [-0.1, -0.05) is 38.1 Å². The average Bonchev–Trinajstić information content (AvgIpc) is 2.26. The summed E-state index contributed by atoms with van der Waals surface area (Å²) in [6.45, 7) is 4.01. The first-order valence-corrected chi connectivity index (χ1v) is 6.24. The molecule has 1 aromatic rings. The summed E-state index contributed by atoms with van der Waals surface area (Å²) in [6.07, 6.45) is -8.39. The van der Waals surface area contributed by atoms with Gasteiger partial charge in [-0.2, -0.15) is 22.0 Å². The summed E-state index contributed by atoms with van der Waals surface area (Å²) in [4.78, 5) is 0. The Bertz CT molecular complexity index is 422. The number of aliphatic hydroxyl groups excluding tert-OH is 1. The fourth-order valence-electron chi connectivity index (χ4n) is 1.82. The summed E-state index contributed by atoms with van der Waals surface area (Å²) >= 11 is 0. The molecule has 0 aliphatic carbocycles. The van der Waals surface area contributed by atoms with Crippen molar-refractivity contribution in [3.05, 3.63) is 35.4 Å². The van der Waals surface area contributed by atoms with Gasteiger partial charge in [-0.15, -0.1) is 0 Å². The van der Waals surface area contributed by atoms with E-state index in [1.807, 2.05) is 13.8 Å². The van der Waals surface area contributed by atoms with Crippen LogP contribution in [-0.4, -0.2) is 17.2 Å². The van der Waals surface area contributed by atoms with Crippen molar-refractivity contribution in [1.29, 1.82) is 0 Å². The zero-order valence-electron chi connectivity index (χ0n) is 11.2. The molecule has 0 saturated heterocycles. The van der Waals surface area contributed by atoms with Crippen LogP contribution in [0.5, 0.6) is 0 Å². The Balaban J connectivity index is 2.76. The minimum Gasteiger partial charge on any atom is -0.388 e. The molecule has 0 spiro atoms. The first kappa shape index (κ1) is 16.9. The van der Waals surface area contributed by atoms with E-state index in [4.69, 9.17) is 0 Å². The maximum atomic E-state index is 12.8. The van der Waals surface area contributed by atoms with Crippen molar-refractivity contribution in [3.8, 4) is 0 Å². The topological polar surface area (TPSA) is 20.2 Å². The van der Waals surface area contributed by atoms with Crippen LogP contribution in [0.15, 0.2) is 24.3 Å². The van der Waals surface area contributed by atoms with E-state index >= 15 is 0 Å². The maximum Gasteiger partial charge on any atom is 0.453 e. The SMILES string of the molecule is CC(C)Cc1ccc(C(O)CC(F)(F)C(F)(F)F)cc1. The molecule has 1 aromatic carbocycles. The number of rotatable bonds is 5. The molecule has 1 N–H and O–H groups in total. The summed E-state index contributed by atoms with van der Waals surface area (Å²) in [6, 6.07) is 6.03. The highest BCUT2D eigenvalue weighted by Crippen LogP contribution is 2.41. The number of aliphatic hydroxyl groups is 1. The van der Waals surface area contributed by atoms with Crippen molar-refractivity contribution in [1.82, 2.24) is 0 Å². The van der Waals surface area contributed by atoms with E-state index in [1.165, 1.54) is 12.1 Å². The molecule has 114 valence electrons. The molecule has 1 unspecified atom stereocenters. The van der Waals surface area contributed by atoms with Gasteiger partial charge in [0.2, 0.25) is 0 Å². The quantitative estimate of drug-likeness (QED) is 0.793. The first-order chi connectivity index (χ1) is 9.03. The highest BCUT2D eigenvalue weighted by atomic mass is 19.4. The Labute approximate surface area is 114 Å². The fraction of sp³-hybridized carbons (Fsp3) is 0.571. The van der Waals surface area contributed by atoms with Gasteiger partial charge in [0.25, 0.3) is 0 Å². The molecule has 1 rings (SSSR count). The number of halogens is 5. The summed E-state index contributed by atoms with van der Waals surface area (Å²) in [5.74, 6) is -4.50. The molecule has 0 radical (unpaired) electrons. The van der Waals surface area contributed by atoms with Gasteiger partial charge in [0.15, 0.2) is 0 Å². The van der Waals surface area contributed by atoms with Crippen LogP contribution >= 0.6 is 0 Å². The van der Waals surface area contributed by atoms with E-state index in [-0.39, 0.29) is 5.56 Å². The lowest BCUT2D eigenvalue weighted by Gasteiger charge is -2.22. The fourth-order valence-corrected chi connectivity index (χ4v) is 1.82. The zero-order chi connectivity index (χ0) is 15.6. The summed E-state index contributed by atoms with van der Waals surface area (Å²) in [5, 5.41) is 9.51. The van der Waals surface area contributed by atoms with Gasteiger partial charge in [0.1, 0.15) is 0 Å². The van der Waals surface area contributed by atoms with Crippen molar-refractivity contribution in [3.63, 3.8) is 0 Å². The molecule has 0 bridgehead atoms. The molecular weight excluding hydrogens is 279 g/mol. The standard InChI is InChI=1S/C14H17F5O/c1-9(2)7-10-3-5-11(6-4-10)12(20)8-13(15,16)14(17,18)19/h3-6,9,12,20H,7-8H2,1-2H3. The van der Waals surface area contributed by atoms with Crippen LogP contribution in [0.2, 0.25) is 0 Å². The van der Waals surface area contributed by atoms with E-state index in [0.717, 1.165) is 12.0 Å². The van der Waals surface area contributed by atoms with Crippen LogP contribution in [0.3, 0.4) is 0 Å². The van der Waals surface area contributed by atoms with Crippen LogP contribution in [0.4, 0.5) is 22.0 Å². The number of benzene rings is 1. The van der Waals surface area contributed by atoms with Crippen LogP contribution in [0.25, 0.3) is 0 Å². The van der Waals surface area contributed by atoms with Crippen molar-refractivity contribution in [2.24, 2.45) is 5.92 Å². The number of hydrogen-bond acceptors (Lipinski definition) is 1. The first-order valence-electron chi connectivity index (χ1n) is 6.24. The molecule has 0 fully saturated rings. The second-order valence-corrected chi connectivity index (χ2v) is 5.26. The lowest BCUT2D eigenvalue weighted by molar-refractivity contribution is -0.290. The smallest absolute Gasteiger partial charge is 0.388 e. The molecule has 0 aromatic heterocycles. The molecule has 20 heavy (non-hydrogen) atoms. The Hall–Kier alpha value is -1.17. The third kappa shape index (κ3) is 4.44. The molecule has 0 aliphatic rings. The number of alkyl halides is 5. The average molecular weight is 296 g/mol. The normalized spacial score (nSPS) is 14.7. The second kappa shape index (κ2) is 6.08. The molecule has 1 nitrogen and oxygen atoms in total. The monoisotopic (exact) mass is 296 g/mol. The van der Waals surface area contributed by atoms with E-state index in [1.54, 1.807) is 12.1 Å². The predicted molar refractivity (Wildman–Crippen MR) is 65.6 cm³/mol. The van der Waals surface area contributed by atoms with Gasteiger partial charge in [-0.25, -0.2) is 0 Å². The minimum absolute atomic E-state index is 0.0569. The largest absolute Gasteiger partial charge is 0.453 e. The zero-order valence-corrected chi connectivity index (χ0v) is 11.2. The highest BCUT2D eigenvalue weighted by molar-refractivity contribution is 5.24. The van der Waals surface area contributed by atoms with Crippen LogP contribution < -0.4 is 0 Å². The predicted octanol–water partition coefficient (Wildman–Crippen LogP) is 4.51. The third-order valence-electron chi connectivity index (χ3n) is 2.87. The van der Waals surface area contributed by atoms with E-state index in [2.05, 4.69) is 0 Å². The second-order valence-electron chi connectivity index (χ2n) is 5.26. The van der Waals surface area contributed by atoms with Crippen molar-refractivity contribution in [2.75, 3.05) is 0 Å². The van der Waals surface area contributed by atoms with Gasteiger partial charge in [0.05, 0.1) is 12.5 Å². The minimum atomic E-state index is -5.65. The van der Waals surface area contributed by atoms with Crippen LogP contribution in [0.1, 0.15) is 37.5 Å².